The topological polar surface area (TPSA) is 27.7 Å². The molecule has 0 saturated heterocycles. The molecule has 3 nitrogen and oxygen atoms in total. The van der Waals surface area contributed by atoms with Gasteiger partial charge in [0, 0.05) is 6.61 Å². The van der Waals surface area contributed by atoms with Crippen molar-refractivity contribution in [1.82, 2.24) is 0 Å². The highest BCUT2D eigenvalue weighted by Gasteiger charge is 2.03. The predicted molar refractivity (Wildman–Crippen MR) is 61.8 cm³/mol. The van der Waals surface area contributed by atoms with Crippen LogP contribution >= 0.6 is 0 Å². The van der Waals surface area contributed by atoms with Crippen LogP contribution in [0.1, 0.15) is 19.8 Å². The molecule has 0 N–H and O–H groups in total. The molecule has 0 bridgehead atoms. The molecule has 0 rings (SSSR count). The van der Waals surface area contributed by atoms with Gasteiger partial charge in [-0.25, -0.2) is 0 Å². The second kappa shape index (κ2) is 11.3. The zero-order valence-corrected chi connectivity index (χ0v) is 9.61. The second-order valence-electron chi connectivity index (χ2n) is 3.11. The smallest absolute Gasteiger partial charge is 0.111 e. The van der Waals surface area contributed by atoms with E-state index in [1.165, 1.54) is 6.26 Å². The summed E-state index contributed by atoms with van der Waals surface area (Å²) in [6.07, 6.45) is 5.34. The largest absolute Gasteiger partial charge is 0.499 e. The van der Waals surface area contributed by atoms with Gasteiger partial charge >= 0.3 is 0 Å². The van der Waals surface area contributed by atoms with E-state index in [0.29, 0.717) is 19.8 Å². The van der Waals surface area contributed by atoms with E-state index in [2.05, 4.69) is 20.1 Å². The van der Waals surface area contributed by atoms with Gasteiger partial charge in [-0.15, -0.1) is 6.58 Å². The summed E-state index contributed by atoms with van der Waals surface area (Å²) in [7, 11) is 0. The molecule has 0 saturated carbocycles. The van der Waals surface area contributed by atoms with Crippen molar-refractivity contribution in [3.05, 3.63) is 25.5 Å². The van der Waals surface area contributed by atoms with Crippen LogP contribution in [0.4, 0.5) is 0 Å². The van der Waals surface area contributed by atoms with Crippen LogP contribution in [-0.2, 0) is 14.2 Å². The van der Waals surface area contributed by atoms with Crippen LogP contribution in [0.15, 0.2) is 25.5 Å². The first-order valence-corrected chi connectivity index (χ1v) is 5.39. The fourth-order valence-electron chi connectivity index (χ4n) is 0.961. The summed E-state index contributed by atoms with van der Waals surface area (Å²) in [5, 5.41) is 0. The first-order valence-electron chi connectivity index (χ1n) is 5.39. The van der Waals surface area contributed by atoms with Gasteiger partial charge in [-0.1, -0.05) is 26.0 Å². The quantitative estimate of drug-likeness (QED) is 0.300. The predicted octanol–water partition coefficient (Wildman–Crippen LogP) is 2.53. The lowest BCUT2D eigenvalue weighted by molar-refractivity contribution is -0.00644. The minimum absolute atomic E-state index is 0.0460. The summed E-state index contributed by atoms with van der Waals surface area (Å²) in [5.74, 6) is 0. The third-order valence-electron chi connectivity index (χ3n) is 1.84. The van der Waals surface area contributed by atoms with Crippen molar-refractivity contribution in [2.45, 2.75) is 25.9 Å². The van der Waals surface area contributed by atoms with Crippen LogP contribution in [0.3, 0.4) is 0 Å². The van der Waals surface area contributed by atoms with Gasteiger partial charge in [-0.2, -0.15) is 0 Å². The van der Waals surface area contributed by atoms with Crippen molar-refractivity contribution < 1.29 is 14.2 Å². The molecule has 0 aromatic rings. The summed E-state index contributed by atoms with van der Waals surface area (Å²) in [6.45, 7) is 11.7. The van der Waals surface area contributed by atoms with Crippen molar-refractivity contribution in [2.75, 3.05) is 26.4 Å². The summed E-state index contributed by atoms with van der Waals surface area (Å²) in [5.41, 5.74) is 0. The monoisotopic (exact) mass is 214 g/mol. The molecule has 0 heterocycles. The summed E-state index contributed by atoms with van der Waals surface area (Å²) in [6, 6.07) is 0. The maximum atomic E-state index is 5.46. The Hall–Kier alpha value is -0.800. The van der Waals surface area contributed by atoms with Crippen molar-refractivity contribution in [3.8, 4) is 0 Å². The Morgan fingerprint density at radius 1 is 1.20 bits per heavy atom. The van der Waals surface area contributed by atoms with Gasteiger partial charge in [-0.3, -0.25) is 0 Å². The van der Waals surface area contributed by atoms with E-state index in [4.69, 9.17) is 14.2 Å². The van der Waals surface area contributed by atoms with Gasteiger partial charge in [0.25, 0.3) is 0 Å². The third kappa shape index (κ3) is 9.50. The van der Waals surface area contributed by atoms with E-state index >= 15 is 0 Å². The molecular formula is C12H22O3. The lowest BCUT2D eigenvalue weighted by Crippen LogP contribution is -2.19. The second-order valence-corrected chi connectivity index (χ2v) is 3.11. The van der Waals surface area contributed by atoms with Crippen LogP contribution in [0.2, 0.25) is 0 Å². The van der Waals surface area contributed by atoms with Crippen LogP contribution < -0.4 is 0 Å². The van der Waals surface area contributed by atoms with E-state index in [9.17, 15) is 0 Å². The summed E-state index contributed by atoms with van der Waals surface area (Å²) < 4.78 is 15.8. The Bertz CT molecular complexity index is 157. The number of ether oxygens (including phenoxy) is 3. The fourth-order valence-corrected chi connectivity index (χ4v) is 0.961. The number of hydrogen-bond acceptors (Lipinski definition) is 3. The first-order chi connectivity index (χ1) is 7.35. The molecule has 0 amide bonds. The molecule has 0 spiro atoms. The molecule has 1 unspecified atom stereocenters. The van der Waals surface area contributed by atoms with Gasteiger partial charge in [0.05, 0.1) is 25.6 Å². The molecule has 0 radical (unpaired) electrons. The zero-order chi connectivity index (χ0) is 11.4. The number of rotatable bonds is 11. The van der Waals surface area contributed by atoms with Gasteiger partial charge in [0.2, 0.25) is 0 Å². The van der Waals surface area contributed by atoms with E-state index in [1.807, 2.05) is 0 Å². The van der Waals surface area contributed by atoms with Crippen molar-refractivity contribution in [3.63, 3.8) is 0 Å². The average molecular weight is 214 g/mol. The van der Waals surface area contributed by atoms with E-state index < -0.39 is 0 Å². The lowest BCUT2D eigenvalue weighted by Gasteiger charge is -2.13. The standard InChI is InChI=1S/C12H22O3/c1-4-7-8-14-11-12(5-2)15-10-9-13-6-3/h5-6,12H,2-4,7-11H2,1H3. The zero-order valence-electron chi connectivity index (χ0n) is 9.61. The summed E-state index contributed by atoms with van der Waals surface area (Å²) >= 11 is 0. The van der Waals surface area contributed by atoms with Crippen LogP contribution in [-0.4, -0.2) is 32.5 Å². The molecule has 1 atom stereocenters. The van der Waals surface area contributed by atoms with E-state index in [-0.39, 0.29) is 6.10 Å². The number of unbranched alkanes of at least 4 members (excludes halogenated alkanes) is 1. The molecule has 0 fully saturated rings. The minimum Gasteiger partial charge on any atom is -0.499 e. The molecule has 15 heavy (non-hydrogen) atoms. The Balaban J connectivity index is 3.37. The minimum atomic E-state index is -0.0460. The molecule has 0 aliphatic rings. The third-order valence-corrected chi connectivity index (χ3v) is 1.84. The van der Waals surface area contributed by atoms with Gasteiger partial charge in [0.1, 0.15) is 6.61 Å². The fraction of sp³-hybridized carbons (Fsp3) is 0.667. The number of hydrogen-bond donors (Lipinski definition) is 0. The maximum absolute atomic E-state index is 5.46. The van der Waals surface area contributed by atoms with Crippen LogP contribution in [0.25, 0.3) is 0 Å². The molecule has 0 aliphatic carbocycles. The highest BCUT2D eigenvalue weighted by Crippen LogP contribution is 1.97. The van der Waals surface area contributed by atoms with Crippen molar-refractivity contribution >= 4 is 0 Å². The van der Waals surface area contributed by atoms with Gasteiger partial charge < -0.3 is 14.2 Å². The van der Waals surface area contributed by atoms with E-state index in [0.717, 1.165) is 19.4 Å². The maximum Gasteiger partial charge on any atom is 0.111 e. The average Bonchev–Trinajstić information content (AvgIpc) is 2.27. The van der Waals surface area contributed by atoms with Crippen molar-refractivity contribution in [1.29, 1.82) is 0 Å². The molecule has 88 valence electrons. The molecule has 3 heteroatoms. The Morgan fingerprint density at radius 2 is 2.00 bits per heavy atom. The Morgan fingerprint density at radius 3 is 2.60 bits per heavy atom. The van der Waals surface area contributed by atoms with Crippen LogP contribution in [0.5, 0.6) is 0 Å². The van der Waals surface area contributed by atoms with Crippen LogP contribution in [0, 0.1) is 0 Å². The highest BCUT2D eigenvalue weighted by molar-refractivity contribution is 4.79. The summed E-state index contributed by atoms with van der Waals surface area (Å²) in [4.78, 5) is 0. The Kier molecular flexibility index (Phi) is 10.7. The highest BCUT2D eigenvalue weighted by atomic mass is 16.5. The van der Waals surface area contributed by atoms with Gasteiger partial charge in [0.15, 0.2) is 0 Å². The van der Waals surface area contributed by atoms with Crippen molar-refractivity contribution in [2.24, 2.45) is 0 Å². The molecular weight excluding hydrogens is 192 g/mol. The van der Waals surface area contributed by atoms with E-state index in [1.54, 1.807) is 6.08 Å². The normalized spacial score (nSPS) is 12.1. The Labute approximate surface area is 92.7 Å². The lowest BCUT2D eigenvalue weighted by atomic mass is 10.3. The SMILES string of the molecule is C=COCCOC(C=C)COCCCC. The molecule has 0 aromatic heterocycles. The first kappa shape index (κ1) is 14.2. The van der Waals surface area contributed by atoms with Gasteiger partial charge in [-0.05, 0) is 6.42 Å². The molecule has 0 aliphatic heterocycles. The molecule has 0 aromatic carbocycles.